The molecular formula is C14H18ClN3S. The molecule has 2 rings (SSSR count). The number of benzene rings is 1. The average Bonchev–Trinajstić information content (AvgIpc) is 2.78. The Kier molecular flexibility index (Phi) is 4.80. The first-order chi connectivity index (χ1) is 9.13. The minimum Gasteiger partial charge on any atom is -0.369 e. The third-order valence-electron chi connectivity index (χ3n) is 3.13. The predicted octanol–water partition coefficient (Wildman–Crippen LogP) is 3.24. The number of hydrogen-bond acceptors (Lipinski definition) is 4. The van der Waals surface area contributed by atoms with Crippen LogP contribution in [0.5, 0.6) is 0 Å². The molecule has 1 aromatic carbocycles. The maximum Gasteiger partial charge on any atom is 0.0798 e. The number of aryl methyl sites for hydroxylation is 1. The zero-order valence-electron chi connectivity index (χ0n) is 11.2. The summed E-state index contributed by atoms with van der Waals surface area (Å²) in [5.74, 6) is 0. The van der Waals surface area contributed by atoms with Crippen molar-refractivity contribution in [3.05, 3.63) is 44.9 Å². The fraction of sp³-hybridized carbons (Fsp3) is 0.357. The summed E-state index contributed by atoms with van der Waals surface area (Å²) in [5.41, 5.74) is 10.9. The number of thiazole rings is 1. The molecule has 0 unspecified atom stereocenters. The Morgan fingerprint density at radius 1 is 1.42 bits per heavy atom. The van der Waals surface area contributed by atoms with Gasteiger partial charge in [-0.05, 0) is 37.6 Å². The quantitative estimate of drug-likeness (QED) is 0.921. The first kappa shape index (κ1) is 14.3. The lowest BCUT2D eigenvalue weighted by molar-refractivity contribution is 0.895. The highest BCUT2D eigenvalue weighted by atomic mass is 35.5. The summed E-state index contributed by atoms with van der Waals surface area (Å²) in [4.78, 5) is 7.77. The molecule has 0 aliphatic heterocycles. The molecule has 5 heteroatoms. The van der Waals surface area contributed by atoms with Crippen molar-refractivity contribution in [1.82, 2.24) is 4.98 Å². The van der Waals surface area contributed by atoms with E-state index in [1.165, 1.54) is 4.88 Å². The Hall–Kier alpha value is -1.10. The zero-order chi connectivity index (χ0) is 13.8. The van der Waals surface area contributed by atoms with Crippen molar-refractivity contribution in [2.24, 2.45) is 5.73 Å². The van der Waals surface area contributed by atoms with Crippen LogP contribution in [0, 0.1) is 6.92 Å². The molecule has 0 amide bonds. The second-order valence-corrected chi connectivity index (χ2v) is 5.84. The van der Waals surface area contributed by atoms with Gasteiger partial charge < -0.3 is 10.6 Å². The van der Waals surface area contributed by atoms with Crippen molar-refractivity contribution in [3.63, 3.8) is 0 Å². The molecular weight excluding hydrogens is 278 g/mol. The van der Waals surface area contributed by atoms with Gasteiger partial charge in [0.05, 0.1) is 17.7 Å². The second-order valence-electron chi connectivity index (χ2n) is 4.49. The Morgan fingerprint density at radius 2 is 2.21 bits per heavy atom. The van der Waals surface area contributed by atoms with Crippen molar-refractivity contribution in [1.29, 1.82) is 0 Å². The van der Waals surface area contributed by atoms with E-state index in [4.69, 9.17) is 17.3 Å². The molecule has 0 radical (unpaired) electrons. The SMILES string of the molecule is Cc1ncsc1CN(C)c1cccc(Cl)c1CCN. The van der Waals surface area contributed by atoms with Crippen molar-refractivity contribution in [3.8, 4) is 0 Å². The van der Waals surface area contributed by atoms with Gasteiger partial charge in [0.1, 0.15) is 0 Å². The number of rotatable bonds is 5. The largest absolute Gasteiger partial charge is 0.369 e. The number of nitrogens with two attached hydrogens (primary N) is 1. The molecule has 0 aliphatic carbocycles. The molecule has 0 spiro atoms. The first-order valence-electron chi connectivity index (χ1n) is 6.21. The number of aromatic nitrogens is 1. The van der Waals surface area contributed by atoms with Gasteiger partial charge in [0, 0.05) is 22.6 Å². The van der Waals surface area contributed by atoms with E-state index in [0.29, 0.717) is 6.54 Å². The smallest absolute Gasteiger partial charge is 0.0798 e. The van der Waals surface area contributed by atoms with Crippen LogP contribution in [-0.2, 0) is 13.0 Å². The monoisotopic (exact) mass is 295 g/mol. The van der Waals surface area contributed by atoms with Gasteiger partial charge in [-0.25, -0.2) is 4.98 Å². The Labute approximate surface area is 123 Å². The molecule has 3 nitrogen and oxygen atoms in total. The van der Waals surface area contributed by atoms with Crippen LogP contribution in [0.3, 0.4) is 0 Å². The van der Waals surface area contributed by atoms with E-state index in [1.807, 2.05) is 24.6 Å². The molecule has 1 heterocycles. The lowest BCUT2D eigenvalue weighted by atomic mass is 10.1. The highest BCUT2D eigenvalue weighted by Gasteiger charge is 2.12. The zero-order valence-corrected chi connectivity index (χ0v) is 12.8. The van der Waals surface area contributed by atoms with Crippen LogP contribution in [0.2, 0.25) is 5.02 Å². The van der Waals surface area contributed by atoms with E-state index < -0.39 is 0 Å². The van der Waals surface area contributed by atoms with Crippen LogP contribution in [-0.4, -0.2) is 18.6 Å². The van der Waals surface area contributed by atoms with Gasteiger partial charge in [-0.3, -0.25) is 0 Å². The van der Waals surface area contributed by atoms with Gasteiger partial charge in [-0.2, -0.15) is 0 Å². The lowest BCUT2D eigenvalue weighted by Crippen LogP contribution is -2.19. The fourth-order valence-electron chi connectivity index (χ4n) is 2.08. The topological polar surface area (TPSA) is 42.2 Å². The van der Waals surface area contributed by atoms with E-state index in [2.05, 4.69) is 23.0 Å². The maximum absolute atomic E-state index is 6.27. The Balaban J connectivity index is 2.26. The van der Waals surface area contributed by atoms with Crippen molar-refractivity contribution in [2.45, 2.75) is 19.9 Å². The molecule has 0 fully saturated rings. The summed E-state index contributed by atoms with van der Waals surface area (Å²) in [7, 11) is 2.07. The van der Waals surface area contributed by atoms with Crippen molar-refractivity contribution >= 4 is 28.6 Å². The van der Waals surface area contributed by atoms with Crippen molar-refractivity contribution < 1.29 is 0 Å². The third-order valence-corrected chi connectivity index (χ3v) is 4.40. The van der Waals surface area contributed by atoms with Crippen LogP contribution in [0.4, 0.5) is 5.69 Å². The van der Waals surface area contributed by atoms with E-state index in [0.717, 1.165) is 34.9 Å². The summed E-state index contributed by atoms with van der Waals surface area (Å²) < 4.78 is 0. The lowest BCUT2D eigenvalue weighted by Gasteiger charge is -2.22. The van der Waals surface area contributed by atoms with Crippen molar-refractivity contribution in [2.75, 3.05) is 18.5 Å². The maximum atomic E-state index is 6.27. The highest BCUT2D eigenvalue weighted by Crippen LogP contribution is 2.29. The summed E-state index contributed by atoms with van der Waals surface area (Å²) >= 11 is 7.96. The van der Waals surface area contributed by atoms with Gasteiger partial charge in [0.2, 0.25) is 0 Å². The molecule has 0 saturated heterocycles. The number of anilines is 1. The molecule has 0 saturated carbocycles. The normalized spacial score (nSPS) is 10.7. The minimum atomic E-state index is 0.601. The van der Waals surface area contributed by atoms with Gasteiger partial charge >= 0.3 is 0 Å². The summed E-state index contributed by atoms with van der Waals surface area (Å²) in [6.07, 6.45) is 0.793. The number of halogens is 1. The van der Waals surface area contributed by atoms with Gasteiger partial charge in [-0.15, -0.1) is 11.3 Å². The van der Waals surface area contributed by atoms with E-state index in [9.17, 15) is 0 Å². The van der Waals surface area contributed by atoms with Crippen LogP contribution in [0.1, 0.15) is 16.1 Å². The molecule has 0 aliphatic rings. The second kappa shape index (κ2) is 6.37. The number of nitrogens with zero attached hydrogens (tertiary/aromatic N) is 2. The standard InChI is InChI=1S/C14H18ClN3S/c1-10-14(19-9-17-10)8-18(2)13-5-3-4-12(15)11(13)6-7-16/h3-5,9H,6-8,16H2,1-2H3. The first-order valence-corrected chi connectivity index (χ1v) is 7.46. The van der Waals surface area contributed by atoms with Gasteiger partial charge in [0.15, 0.2) is 0 Å². The van der Waals surface area contributed by atoms with Crippen LogP contribution >= 0.6 is 22.9 Å². The van der Waals surface area contributed by atoms with Crippen LogP contribution < -0.4 is 10.6 Å². The molecule has 102 valence electrons. The Bertz CT molecular complexity index is 553. The summed E-state index contributed by atoms with van der Waals surface area (Å²) in [6, 6.07) is 5.99. The van der Waals surface area contributed by atoms with Gasteiger partial charge in [-0.1, -0.05) is 17.7 Å². The predicted molar refractivity (Wildman–Crippen MR) is 83.2 cm³/mol. The van der Waals surface area contributed by atoms with Crippen LogP contribution in [0.25, 0.3) is 0 Å². The van der Waals surface area contributed by atoms with Crippen LogP contribution in [0.15, 0.2) is 23.7 Å². The molecule has 0 bridgehead atoms. The summed E-state index contributed by atoms with van der Waals surface area (Å²) in [5, 5.41) is 0.788. The third kappa shape index (κ3) is 3.26. The Morgan fingerprint density at radius 3 is 2.84 bits per heavy atom. The molecule has 1 aromatic heterocycles. The van der Waals surface area contributed by atoms with Gasteiger partial charge in [0.25, 0.3) is 0 Å². The molecule has 19 heavy (non-hydrogen) atoms. The number of hydrogen-bond donors (Lipinski definition) is 1. The van der Waals surface area contributed by atoms with E-state index in [-0.39, 0.29) is 0 Å². The van der Waals surface area contributed by atoms with E-state index >= 15 is 0 Å². The highest BCUT2D eigenvalue weighted by molar-refractivity contribution is 7.09. The fourth-order valence-corrected chi connectivity index (χ4v) is 3.17. The average molecular weight is 296 g/mol. The molecule has 0 atom stereocenters. The molecule has 2 N–H and O–H groups in total. The molecule has 2 aromatic rings. The van der Waals surface area contributed by atoms with E-state index in [1.54, 1.807) is 11.3 Å². The summed E-state index contributed by atoms with van der Waals surface area (Å²) in [6.45, 7) is 3.48. The minimum absolute atomic E-state index is 0.601.